The fourth-order valence-electron chi connectivity index (χ4n) is 4.79. The van der Waals surface area contributed by atoms with E-state index >= 15 is 0 Å². The summed E-state index contributed by atoms with van der Waals surface area (Å²) in [4.78, 5) is 34.5. The molecule has 0 bridgehead atoms. The summed E-state index contributed by atoms with van der Waals surface area (Å²) in [5.74, 6) is -0.0173. The van der Waals surface area contributed by atoms with Crippen LogP contribution in [0.5, 0.6) is 0 Å². The highest BCUT2D eigenvalue weighted by molar-refractivity contribution is 7.18. The Labute approximate surface area is 219 Å². The minimum absolute atomic E-state index is 0.0154. The Morgan fingerprint density at radius 3 is 2.38 bits per heavy atom. The Balaban J connectivity index is 1.21. The molecule has 5 nitrogen and oxygen atoms in total. The zero-order valence-electron chi connectivity index (χ0n) is 20.2. The molecule has 0 fully saturated rings. The molecule has 3 aromatic carbocycles. The highest BCUT2D eigenvalue weighted by atomic mass is 32.1. The number of aromatic nitrogens is 2. The first kappa shape index (κ1) is 23.1. The Bertz CT molecular complexity index is 1650. The molecule has 3 heterocycles. The van der Waals surface area contributed by atoms with Gasteiger partial charge in [0.2, 0.25) is 5.91 Å². The maximum absolute atomic E-state index is 13.5. The average Bonchev–Trinajstić information content (AvgIpc) is 3.33. The predicted molar refractivity (Wildman–Crippen MR) is 149 cm³/mol. The standard InChI is InChI=1S/C31H25N3O2S/c35-28(16-13-22-7-3-1-4-8-22)33-18-17-26-27(20-33)37-30-29(26)31(36)34(21-32-30)19-23-11-14-25(15-12-23)24-9-5-2-6-10-24/h1-16,21H,17-20H2/b16-13+. The zero-order chi connectivity index (χ0) is 25.2. The smallest absolute Gasteiger partial charge is 0.262 e. The summed E-state index contributed by atoms with van der Waals surface area (Å²) in [6, 6.07) is 28.4. The summed E-state index contributed by atoms with van der Waals surface area (Å²) in [5, 5.41) is 0.704. The number of carbonyl (C=O) groups is 1. The lowest BCUT2D eigenvalue weighted by atomic mass is 10.0. The second kappa shape index (κ2) is 9.99. The second-order valence-electron chi connectivity index (χ2n) is 9.18. The monoisotopic (exact) mass is 503 g/mol. The first-order valence-electron chi connectivity index (χ1n) is 12.3. The van der Waals surface area contributed by atoms with Gasteiger partial charge in [-0.1, -0.05) is 84.9 Å². The van der Waals surface area contributed by atoms with Crippen LogP contribution >= 0.6 is 11.3 Å². The third-order valence-corrected chi connectivity index (χ3v) is 7.90. The number of amides is 1. The van der Waals surface area contributed by atoms with Gasteiger partial charge < -0.3 is 4.90 Å². The van der Waals surface area contributed by atoms with Crippen LogP contribution < -0.4 is 5.56 Å². The molecule has 0 spiro atoms. The van der Waals surface area contributed by atoms with E-state index in [4.69, 9.17) is 0 Å². The van der Waals surface area contributed by atoms with Gasteiger partial charge >= 0.3 is 0 Å². The van der Waals surface area contributed by atoms with Crippen molar-refractivity contribution < 1.29 is 4.79 Å². The lowest BCUT2D eigenvalue weighted by Crippen LogP contribution is -2.34. The highest BCUT2D eigenvalue weighted by Gasteiger charge is 2.25. The van der Waals surface area contributed by atoms with Crippen LogP contribution in [0, 0.1) is 0 Å². The molecule has 0 aliphatic carbocycles. The van der Waals surface area contributed by atoms with Gasteiger partial charge in [-0.25, -0.2) is 4.98 Å². The van der Waals surface area contributed by atoms with E-state index in [1.165, 1.54) is 16.9 Å². The average molecular weight is 504 g/mol. The van der Waals surface area contributed by atoms with Crippen LogP contribution in [-0.2, 0) is 24.3 Å². The molecular formula is C31H25N3O2S. The van der Waals surface area contributed by atoms with Crippen molar-refractivity contribution in [2.24, 2.45) is 0 Å². The number of hydrogen-bond donors (Lipinski definition) is 0. The minimum atomic E-state index is -0.0173. The molecular weight excluding hydrogens is 478 g/mol. The van der Waals surface area contributed by atoms with Crippen molar-refractivity contribution in [2.45, 2.75) is 19.5 Å². The third-order valence-electron chi connectivity index (χ3n) is 6.77. The van der Waals surface area contributed by atoms with Gasteiger partial charge in [0.1, 0.15) is 4.83 Å². The van der Waals surface area contributed by atoms with Crippen molar-refractivity contribution >= 4 is 33.5 Å². The topological polar surface area (TPSA) is 55.2 Å². The van der Waals surface area contributed by atoms with Gasteiger partial charge in [0.15, 0.2) is 0 Å². The van der Waals surface area contributed by atoms with Gasteiger partial charge in [0, 0.05) is 17.5 Å². The maximum Gasteiger partial charge on any atom is 0.262 e. The van der Waals surface area contributed by atoms with Crippen LogP contribution in [0.25, 0.3) is 27.4 Å². The first-order chi connectivity index (χ1) is 18.2. The van der Waals surface area contributed by atoms with Crippen molar-refractivity contribution in [3.05, 3.63) is 129 Å². The maximum atomic E-state index is 13.5. The molecule has 6 rings (SSSR count). The van der Waals surface area contributed by atoms with Gasteiger partial charge in [-0.15, -0.1) is 11.3 Å². The molecule has 0 unspecified atom stereocenters. The van der Waals surface area contributed by atoms with Crippen LogP contribution in [0.2, 0.25) is 0 Å². The molecule has 0 radical (unpaired) electrons. The van der Waals surface area contributed by atoms with Crippen molar-refractivity contribution in [3.8, 4) is 11.1 Å². The molecule has 1 amide bonds. The number of benzene rings is 3. The number of thiophene rings is 1. The molecule has 0 atom stereocenters. The minimum Gasteiger partial charge on any atom is -0.334 e. The molecule has 0 N–H and O–H groups in total. The predicted octanol–water partition coefficient (Wildman–Crippen LogP) is 5.77. The SMILES string of the molecule is O=C(/C=C/c1ccccc1)N1CCc2c(sc3ncn(Cc4ccc(-c5ccccc5)cc4)c(=O)c23)C1. The molecule has 1 aliphatic rings. The van der Waals surface area contributed by atoms with Crippen LogP contribution in [0.3, 0.4) is 0 Å². The summed E-state index contributed by atoms with van der Waals surface area (Å²) in [7, 11) is 0. The van der Waals surface area contributed by atoms with E-state index in [9.17, 15) is 9.59 Å². The summed E-state index contributed by atoms with van der Waals surface area (Å²) >= 11 is 1.52. The molecule has 0 saturated carbocycles. The van der Waals surface area contributed by atoms with E-state index < -0.39 is 0 Å². The van der Waals surface area contributed by atoms with E-state index in [-0.39, 0.29) is 11.5 Å². The van der Waals surface area contributed by atoms with Gasteiger partial charge in [-0.3, -0.25) is 14.2 Å². The number of carbonyl (C=O) groups excluding carboxylic acids is 1. The first-order valence-corrected chi connectivity index (χ1v) is 13.1. The Kier molecular flexibility index (Phi) is 6.25. The van der Waals surface area contributed by atoms with E-state index in [0.717, 1.165) is 32.0 Å². The van der Waals surface area contributed by atoms with Gasteiger partial charge in [-0.2, -0.15) is 0 Å². The van der Waals surface area contributed by atoms with Crippen molar-refractivity contribution in [3.63, 3.8) is 0 Å². The molecule has 1 aliphatic heterocycles. The Morgan fingerprint density at radius 1 is 0.919 bits per heavy atom. The van der Waals surface area contributed by atoms with Crippen LogP contribution in [0.1, 0.15) is 21.6 Å². The van der Waals surface area contributed by atoms with Gasteiger partial charge in [0.25, 0.3) is 5.56 Å². The highest BCUT2D eigenvalue weighted by Crippen LogP contribution is 2.32. The Hall–Kier alpha value is -4.29. The van der Waals surface area contributed by atoms with E-state index in [1.807, 2.05) is 59.5 Å². The molecule has 37 heavy (non-hydrogen) atoms. The Morgan fingerprint density at radius 2 is 1.62 bits per heavy atom. The summed E-state index contributed by atoms with van der Waals surface area (Å²) in [6.07, 6.45) is 5.77. The van der Waals surface area contributed by atoms with Crippen molar-refractivity contribution in [1.29, 1.82) is 0 Å². The van der Waals surface area contributed by atoms with Crippen LogP contribution in [-0.4, -0.2) is 26.9 Å². The number of hydrogen-bond acceptors (Lipinski definition) is 4. The summed E-state index contributed by atoms with van der Waals surface area (Å²) in [5.41, 5.74) is 5.39. The molecule has 182 valence electrons. The normalized spacial score (nSPS) is 13.2. The fourth-order valence-corrected chi connectivity index (χ4v) is 5.98. The molecule has 0 saturated heterocycles. The zero-order valence-corrected chi connectivity index (χ0v) is 21.0. The van der Waals surface area contributed by atoms with Gasteiger partial charge in [-0.05, 0) is 40.3 Å². The number of fused-ring (bicyclic) bond motifs is 3. The molecule has 6 heteroatoms. The number of rotatable bonds is 5. The second-order valence-corrected chi connectivity index (χ2v) is 10.3. The van der Waals surface area contributed by atoms with E-state index in [1.54, 1.807) is 17.0 Å². The third kappa shape index (κ3) is 4.76. The lowest BCUT2D eigenvalue weighted by molar-refractivity contribution is -0.126. The quantitative estimate of drug-likeness (QED) is 0.286. The van der Waals surface area contributed by atoms with Crippen LogP contribution in [0.4, 0.5) is 0 Å². The lowest BCUT2D eigenvalue weighted by Gasteiger charge is -2.25. The van der Waals surface area contributed by atoms with Crippen molar-refractivity contribution in [1.82, 2.24) is 14.5 Å². The van der Waals surface area contributed by atoms with E-state index in [0.29, 0.717) is 31.4 Å². The van der Waals surface area contributed by atoms with Crippen molar-refractivity contribution in [2.75, 3.05) is 6.54 Å². The molecule has 5 aromatic rings. The molecule has 2 aromatic heterocycles. The van der Waals surface area contributed by atoms with Crippen LogP contribution in [0.15, 0.2) is 102 Å². The fraction of sp³-hybridized carbons (Fsp3) is 0.129. The summed E-state index contributed by atoms with van der Waals surface area (Å²) in [6.45, 7) is 1.57. The number of nitrogens with zero attached hydrogens (tertiary/aromatic N) is 3. The summed E-state index contributed by atoms with van der Waals surface area (Å²) < 4.78 is 1.69. The largest absolute Gasteiger partial charge is 0.334 e. The van der Waals surface area contributed by atoms with E-state index in [2.05, 4.69) is 41.4 Å². The van der Waals surface area contributed by atoms with Gasteiger partial charge in [0.05, 0.1) is 24.8 Å².